The van der Waals surface area contributed by atoms with Crippen LogP contribution in [0.1, 0.15) is 46.5 Å². The number of primary amides is 1. The van der Waals surface area contributed by atoms with Crippen LogP contribution in [0.25, 0.3) is 0 Å². The van der Waals surface area contributed by atoms with Crippen LogP contribution < -0.4 is 11.1 Å². The summed E-state index contributed by atoms with van der Waals surface area (Å²) in [5.74, 6) is -1.28. The molecule has 3 heterocycles. The lowest BCUT2D eigenvalue weighted by Crippen LogP contribution is -2.41. The standard InChI is InChI=1S/C23H29N5O5S/c1-26-15-19(14-20(26)21(24)29)34(32,33)28-11-7-16(8-12-28)22(30)25-18-6-4-5-17(13-18)23(31)27-9-2-3-10-27/h4-6,13-16H,2-3,7-12H2,1H3,(H2,24,29)(H,25,30). The van der Waals surface area contributed by atoms with E-state index in [1.54, 1.807) is 31.3 Å². The van der Waals surface area contributed by atoms with Crippen LogP contribution in [0.3, 0.4) is 0 Å². The van der Waals surface area contributed by atoms with Crippen molar-refractivity contribution in [2.45, 2.75) is 30.6 Å². The summed E-state index contributed by atoms with van der Waals surface area (Å²) >= 11 is 0. The fourth-order valence-electron chi connectivity index (χ4n) is 4.50. The molecule has 0 aliphatic carbocycles. The van der Waals surface area contributed by atoms with Gasteiger partial charge in [-0.05, 0) is 49.9 Å². The average Bonchev–Trinajstić information content (AvgIpc) is 3.49. The van der Waals surface area contributed by atoms with Gasteiger partial charge in [-0.25, -0.2) is 8.42 Å². The zero-order valence-corrected chi connectivity index (χ0v) is 19.9. The number of aromatic nitrogens is 1. The molecule has 0 spiro atoms. The second-order valence-electron chi connectivity index (χ2n) is 8.78. The largest absolute Gasteiger partial charge is 0.364 e. The fourth-order valence-corrected chi connectivity index (χ4v) is 6.05. The van der Waals surface area contributed by atoms with E-state index in [1.807, 2.05) is 4.90 Å². The monoisotopic (exact) mass is 487 g/mol. The number of nitrogens with zero attached hydrogens (tertiary/aromatic N) is 3. The van der Waals surface area contributed by atoms with Crippen molar-refractivity contribution < 1.29 is 22.8 Å². The number of carbonyl (C=O) groups excluding carboxylic acids is 3. The second kappa shape index (κ2) is 9.59. The molecule has 2 aliphatic rings. The van der Waals surface area contributed by atoms with Gasteiger partial charge in [0.15, 0.2) is 0 Å². The summed E-state index contributed by atoms with van der Waals surface area (Å²) < 4.78 is 28.7. The molecular formula is C23H29N5O5S. The third-order valence-electron chi connectivity index (χ3n) is 6.47. The molecule has 2 fully saturated rings. The fraction of sp³-hybridized carbons (Fsp3) is 0.435. The molecule has 4 rings (SSSR count). The van der Waals surface area contributed by atoms with Gasteiger partial charge in [0.05, 0.1) is 0 Å². The van der Waals surface area contributed by atoms with Crippen LogP contribution in [0.2, 0.25) is 0 Å². The van der Waals surface area contributed by atoms with Crippen molar-refractivity contribution in [3.05, 3.63) is 47.8 Å². The number of likely N-dealkylation sites (tertiary alicyclic amines) is 1. The molecule has 0 saturated carbocycles. The molecule has 1 aromatic carbocycles. The molecule has 3 N–H and O–H groups in total. The number of carbonyl (C=O) groups is 3. The highest BCUT2D eigenvalue weighted by Crippen LogP contribution is 2.26. The molecule has 2 aromatic rings. The maximum Gasteiger partial charge on any atom is 0.265 e. The Balaban J connectivity index is 1.37. The summed E-state index contributed by atoms with van der Waals surface area (Å²) in [6.07, 6.45) is 4.12. The van der Waals surface area contributed by atoms with Gasteiger partial charge in [0.25, 0.3) is 11.8 Å². The van der Waals surface area contributed by atoms with Crippen LogP contribution in [-0.4, -0.2) is 66.1 Å². The molecule has 34 heavy (non-hydrogen) atoms. The molecule has 10 nitrogen and oxygen atoms in total. The highest BCUT2D eigenvalue weighted by Gasteiger charge is 2.33. The normalized spacial score (nSPS) is 17.6. The van der Waals surface area contributed by atoms with Gasteiger partial charge in [-0.2, -0.15) is 4.31 Å². The lowest BCUT2D eigenvalue weighted by atomic mass is 9.97. The van der Waals surface area contributed by atoms with E-state index in [9.17, 15) is 22.8 Å². The Morgan fingerprint density at radius 3 is 2.32 bits per heavy atom. The predicted molar refractivity (Wildman–Crippen MR) is 126 cm³/mol. The van der Waals surface area contributed by atoms with Crippen LogP contribution in [0.5, 0.6) is 0 Å². The SMILES string of the molecule is Cn1cc(S(=O)(=O)N2CCC(C(=O)Nc3cccc(C(=O)N4CCCC4)c3)CC2)cc1C(N)=O. The van der Waals surface area contributed by atoms with Crippen molar-refractivity contribution >= 4 is 33.4 Å². The Morgan fingerprint density at radius 1 is 1.03 bits per heavy atom. The van der Waals surface area contributed by atoms with E-state index in [-0.39, 0.29) is 41.4 Å². The molecule has 3 amide bonds. The first-order valence-corrected chi connectivity index (χ1v) is 12.8. The maximum absolute atomic E-state index is 13.0. The molecule has 0 atom stereocenters. The molecule has 0 radical (unpaired) electrons. The molecule has 1 aromatic heterocycles. The number of aryl methyl sites for hydroxylation is 1. The lowest BCUT2D eigenvalue weighted by molar-refractivity contribution is -0.120. The van der Waals surface area contributed by atoms with Crippen LogP contribution in [0.4, 0.5) is 5.69 Å². The number of anilines is 1. The number of sulfonamides is 1. The number of hydrogen-bond donors (Lipinski definition) is 2. The number of nitrogens with two attached hydrogens (primary N) is 1. The Bertz CT molecular complexity index is 1210. The molecule has 182 valence electrons. The van der Waals surface area contributed by atoms with Gasteiger partial charge in [0.2, 0.25) is 15.9 Å². The highest BCUT2D eigenvalue weighted by atomic mass is 32.2. The number of nitrogens with one attached hydrogen (secondary N) is 1. The van der Waals surface area contributed by atoms with Gasteiger partial charge in [-0.3, -0.25) is 14.4 Å². The van der Waals surface area contributed by atoms with Crippen molar-refractivity contribution in [2.75, 3.05) is 31.5 Å². The highest BCUT2D eigenvalue weighted by molar-refractivity contribution is 7.89. The van der Waals surface area contributed by atoms with Gasteiger partial charge in [0.1, 0.15) is 10.6 Å². The third-order valence-corrected chi connectivity index (χ3v) is 8.33. The van der Waals surface area contributed by atoms with Gasteiger partial charge in [-0.15, -0.1) is 0 Å². The molecule has 0 bridgehead atoms. The van der Waals surface area contributed by atoms with E-state index < -0.39 is 15.9 Å². The van der Waals surface area contributed by atoms with Crippen molar-refractivity contribution in [3.8, 4) is 0 Å². The molecular weight excluding hydrogens is 458 g/mol. The molecule has 11 heteroatoms. The molecule has 0 unspecified atom stereocenters. The lowest BCUT2D eigenvalue weighted by Gasteiger charge is -2.30. The number of hydrogen-bond acceptors (Lipinski definition) is 5. The minimum absolute atomic E-state index is 0.00573. The topological polar surface area (TPSA) is 135 Å². The van der Waals surface area contributed by atoms with Gasteiger partial charge in [-0.1, -0.05) is 6.07 Å². The van der Waals surface area contributed by atoms with Crippen LogP contribution in [0.15, 0.2) is 41.4 Å². The minimum Gasteiger partial charge on any atom is -0.364 e. The van der Waals surface area contributed by atoms with Crippen molar-refractivity contribution in [1.29, 1.82) is 0 Å². The summed E-state index contributed by atoms with van der Waals surface area (Å²) in [5.41, 5.74) is 6.49. The van der Waals surface area contributed by atoms with Gasteiger partial charge < -0.3 is 20.5 Å². The number of benzene rings is 1. The Kier molecular flexibility index (Phi) is 6.76. The minimum atomic E-state index is -3.80. The number of piperidine rings is 1. The molecule has 2 aliphatic heterocycles. The van der Waals surface area contributed by atoms with E-state index in [0.717, 1.165) is 25.9 Å². The van der Waals surface area contributed by atoms with E-state index >= 15 is 0 Å². The van der Waals surface area contributed by atoms with Crippen molar-refractivity contribution in [3.63, 3.8) is 0 Å². The van der Waals surface area contributed by atoms with E-state index in [0.29, 0.717) is 24.1 Å². The Morgan fingerprint density at radius 2 is 1.71 bits per heavy atom. The number of amides is 3. The maximum atomic E-state index is 13.0. The zero-order valence-electron chi connectivity index (χ0n) is 19.1. The first kappa shape index (κ1) is 24.0. The van der Waals surface area contributed by atoms with Crippen molar-refractivity contribution in [1.82, 2.24) is 13.8 Å². The van der Waals surface area contributed by atoms with Crippen LogP contribution in [0, 0.1) is 5.92 Å². The number of rotatable bonds is 6. The third kappa shape index (κ3) is 4.85. The predicted octanol–water partition coefficient (Wildman–Crippen LogP) is 1.40. The average molecular weight is 488 g/mol. The van der Waals surface area contributed by atoms with Crippen LogP contribution >= 0.6 is 0 Å². The Hall–Kier alpha value is -3.18. The summed E-state index contributed by atoms with van der Waals surface area (Å²) in [7, 11) is -2.24. The summed E-state index contributed by atoms with van der Waals surface area (Å²) in [6, 6.07) is 8.18. The van der Waals surface area contributed by atoms with E-state index in [4.69, 9.17) is 5.73 Å². The van der Waals surface area contributed by atoms with Gasteiger partial charge in [0, 0.05) is 56.6 Å². The van der Waals surface area contributed by atoms with Crippen LogP contribution in [-0.2, 0) is 21.9 Å². The summed E-state index contributed by atoms with van der Waals surface area (Å²) in [6.45, 7) is 1.89. The Labute approximate surface area is 198 Å². The summed E-state index contributed by atoms with van der Waals surface area (Å²) in [4.78, 5) is 38.7. The smallest absolute Gasteiger partial charge is 0.265 e. The molecule has 2 saturated heterocycles. The van der Waals surface area contributed by atoms with Gasteiger partial charge >= 0.3 is 0 Å². The second-order valence-corrected chi connectivity index (χ2v) is 10.7. The van der Waals surface area contributed by atoms with E-state index in [1.165, 1.54) is 21.1 Å². The summed E-state index contributed by atoms with van der Waals surface area (Å²) in [5, 5.41) is 2.87. The first-order chi connectivity index (χ1) is 16.2. The van der Waals surface area contributed by atoms with E-state index in [2.05, 4.69) is 5.32 Å². The first-order valence-electron chi connectivity index (χ1n) is 11.3. The zero-order chi connectivity index (χ0) is 24.5. The quantitative estimate of drug-likeness (QED) is 0.635. The van der Waals surface area contributed by atoms with Crippen molar-refractivity contribution in [2.24, 2.45) is 18.7 Å².